The van der Waals surface area contributed by atoms with Gasteiger partial charge in [0, 0.05) is 11.1 Å². The van der Waals surface area contributed by atoms with Crippen molar-refractivity contribution in [3.05, 3.63) is 78.2 Å². The van der Waals surface area contributed by atoms with Crippen LogP contribution >= 0.6 is 0 Å². The molecule has 0 spiro atoms. The fourth-order valence-electron chi connectivity index (χ4n) is 2.53. The zero-order valence-corrected chi connectivity index (χ0v) is 14.0. The number of nitrogens with zero attached hydrogens (tertiary/aromatic N) is 2. The summed E-state index contributed by atoms with van der Waals surface area (Å²) in [5.74, 6) is 0.635. The summed E-state index contributed by atoms with van der Waals surface area (Å²) in [5, 5.41) is 2.89. The molecule has 3 aromatic rings. The highest BCUT2D eigenvalue weighted by atomic mass is 16.5. The van der Waals surface area contributed by atoms with E-state index in [1.54, 1.807) is 7.11 Å². The van der Waals surface area contributed by atoms with Gasteiger partial charge in [0.1, 0.15) is 12.1 Å². The Morgan fingerprint density at radius 3 is 2.60 bits per heavy atom. The molecule has 0 radical (unpaired) electrons. The minimum absolute atomic E-state index is 0.0793. The average molecular weight is 333 g/mol. The number of methoxy groups -OCH3 is 1. The minimum atomic E-state index is -0.0793. The second-order valence-electron chi connectivity index (χ2n) is 5.53. The molecule has 1 N–H and O–H groups in total. The largest absolute Gasteiger partial charge is 0.496 e. The number of hydrogen-bond donors (Lipinski definition) is 1. The summed E-state index contributed by atoms with van der Waals surface area (Å²) < 4.78 is 5.27. The molecule has 5 nitrogen and oxygen atoms in total. The van der Waals surface area contributed by atoms with Crippen molar-refractivity contribution in [1.29, 1.82) is 0 Å². The summed E-state index contributed by atoms with van der Waals surface area (Å²) in [6.07, 6.45) is 1.78. The van der Waals surface area contributed by atoms with Crippen LogP contribution in [0, 0.1) is 0 Å². The fourth-order valence-corrected chi connectivity index (χ4v) is 2.53. The number of rotatable bonds is 6. The first-order valence-corrected chi connectivity index (χ1v) is 8.01. The van der Waals surface area contributed by atoms with Gasteiger partial charge in [-0.15, -0.1) is 0 Å². The third-order valence-electron chi connectivity index (χ3n) is 3.80. The van der Waals surface area contributed by atoms with Gasteiger partial charge in [0.05, 0.1) is 31.5 Å². The standard InChI is InChI=1S/C20H19N3O2/c1-25-19-10-6-5-9-16(19)11-20(24)21-13-17-12-18(23-14-22-17)15-7-3-2-4-8-15/h2-10,12,14H,11,13H2,1H3,(H,21,24). The Kier molecular flexibility index (Phi) is 5.36. The van der Waals surface area contributed by atoms with Crippen LogP contribution in [0.5, 0.6) is 5.75 Å². The molecular formula is C20H19N3O2. The van der Waals surface area contributed by atoms with Crippen molar-refractivity contribution < 1.29 is 9.53 Å². The normalized spacial score (nSPS) is 10.3. The second-order valence-corrected chi connectivity index (χ2v) is 5.53. The molecule has 0 fully saturated rings. The van der Waals surface area contributed by atoms with Crippen LogP contribution in [0.4, 0.5) is 0 Å². The van der Waals surface area contributed by atoms with Gasteiger partial charge < -0.3 is 10.1 Å². The van der Waals surface area contributed by atoms with Crippen LogP contribution in [-0.4, -0.2) is 23.0 Å². The molecule has 1 heterocycles. The number of nitrogens with one attached hydrogen (secondary N) is 1. The Bertz CT molecular complexity index is 850. The molecular weight excluding hydrogens is 314 g/mol. The highest BCUT2D eigenvalue weighted by Crippen LogP contribution is 2.18. The Hall–Kier alpha value is -3.21. The molecule has 3 rings (SSSR count). The molecule has 0 saturated heterocycles. The number of carbonyl (C=O) groups excluding carboxylic acids is 1. The summed E-state index contributed by atoms with van der Waals surface area (Å²) in [5.41, 5.74) is 3.48. The van der Waals surface area contributed by atoms with Crippen LogP contribution in [0.15, 0.2) is 67.0 Å². The van der Waals surface area contributed by atoms with Crippen molar-refractivity contribution in [2.24, 2.45) is 0 Å². The number of aromatic nitrogens is 2. The lowest BCUT2D eigenvalue weighted by Gasteiger charge is -2.09. The lowest BCUT2D eigenvalue weighted by atomic mass is 10.1. The summed E-state index contributed by atoms with van der Waals surface area (Å²) in [4.78, 5) is 20.7. The van der Waals surface area contributed by atoms with Gasteiger partial charge >= 0.3 is 0 Å². The first-order chi connectivity index (χ1) is 12.3. The highest BCUT2D eigenvalue weighted by molar-refractivity contribution is 5.79. The van der Waals surface area contributed by atoms with Crippen LogP contribution in [0.1, 0.15) is 11.3 Å². The van der Waals surface area contributed by atoms with E-state index in [0.29, 0.717) is 12.3 Å². The van der Waals surface area contributed by atoms with Gasteiger partial charge in [-0.2, -0.15) is 0 Å². The zero-order chi connectivity index (χ0) is 17.5. The van der Waals surface area contributed by atoms with Crippen LogP contribution in [-0.2, 0) is 17.8 Å². The maximum atomic E-state index is 12.2. The quantitative estimate of drug-likeness (QED) is 0.753. The van der Waals surface area contributed by atoms with E-state index in [0.717, 1.165) is 22.5 Å². The number of amides is 1. The van der Waals surface area contributed by atoms with Gasteiger partial charge in [-0.25, -0.2) is 9.97 Å². The van der Waals surface area contributed by atoms with E-state index in [-0.39, 0.29) is 12.3 Å². The molecule has 0 bridgehead atoms. The molecule has 0 saturated carbocycles. The summed E-state index contributed by atoms with van der Waals surface area (Å²) in [6.45, 7) is 0.357. The van der Waals surface area contributed by atoms with Gasteiger partial charge in [0.2, 0.25) is 5.91 Å². The van der Waals surface area contributed by atoms with E-state index in [2.05, 4.69) is 15.3 Å². The zero-order valence-electron chi connectivity index (χ0n) is 14.0. The summed E-state index contributed by atoms with van der Waals surface area (Å²) in [6, 6.07) is 19.3. The van der Waals surface area contributed by atoms with Gasteiger partial charge in [-0.05, 0) is 12.1 Å². The second kappa shape index (κ2) is 8.06. The average Bonchev–Trinajstić information content (AvgIpc) is 2.68. The van der Waals surface area contributed by atoms with E-state index < -0.39 is 0 Å². The Morgan fingerprint density at radius 2 is 1.80 bits per heavy atom. The third-order valence-corrected chi connectivity index (χ3v) is 3.80. The third kappa shape index (κ3) is 4.41. The molecule has 1 amide bonds. The molecule has 25 heavy (non-hydrogen) atoms. The first kappa shape index (κ1) is 16.6. The van der Waals surface area contributed by atoms with Crippen molar-refractivity contribution >= 4 is 5.91 Å². The number of ether oxygens (including phenoxy) is 1. The Balaban J connectivity index is 1.63. The van der Waals surface area contributed by atoms with Gasteiger partial charge in [-0.1, -0.05) is 48.5 Å². The van der Waals surface area contributed by atoms with Crippen molar-refractivity contribution in [3.63, 3.8) is 0 Å². The van der Waals surface area contributed by atoms with Gasteiger partial charge in [-0.3, -0.25) is 4.79 Å². The van der Waals surface area contributed by atoms with Crippen molar-refractivity contribution in [1.82, 2.24) is 15.3 Å². The number of benzene rings is 2. The smallest absolute Gasteiger partial charge is 0.224 e. The molecule has 0 atom stereocenters. The van der Waals surface area contributed by atoms with Crippen molar-refractivity contribution in [2.75, 3.05) is 7.11 Å². The highest BCUT2D eigenvalue weighted by Gasteiger charge is 2.09. The predicted molar refractivity (Wildman–Crippen MR) is 96.0 cm³/mol. The molecule has 0 aliphatic heterocycles. The minimum Gasteiger partial charge on any atom is -0.496 e. The summed E-state index contributed by atoms with van der Waals surface area (Å²) >= 11 is 0. The maximum absolute atomic E-state index is 12.2. The number of para-hydroxylation sites is 1. The lowest BCUT2D eigenvalue weighted by molar-refractivity contribution is -0.120. The topological polar surface area (TPSA) is 64.1 Å². The predicted octanol–water partition coefficient (Wildman–Crippen LogP) is 3.01. The SMILES string of the molecule is COc1ccccc1CC(=O)NCc1cc(-c2ccccc2)ncn1. The Labute approximate surface area is 146 Å². The molecule has 0 aliphatic carbocycles. The van der Waals surface area contributed by atoms with Crippen molar-refractivity contribution in [2.45, 2.75) is 13.0 Å². The molecule has 0 aliphatic rings. The molecule has 2 aromatic carbocycles. The van der Waals surface area contributed by atoms with Gasteiger partial charge in [0.15, 0.2) is 0 Å². The summed E-state index contributed by atoms with van der Waals surface area (Å²) in [7, 11) is 1.60. The Morgan fingerprint density at radius 1 is 1.04 bits per heavy atom. The van der Waals surface area contributed by atoms with E-state index in [9.17, 15) is 4.79 Å². The van der Waals surface area contributed by atoms with E-state index >= 15 is 0 Å². The van der Waals surface area contributed by atoms with Crippen LogP contribution in [0.3, 0.4) is 0 Å². The van der Waals surface area contributed by atoms with Crippen LogP contribution in [0.2, 0.25) is 0 Å². The fraction of sp³-hybridized carbons (Fsp3) is 0.150. The first-order valence-electron chi connectivity index (χ1n) is 8.01. The van der Waals surface area contributed by atoms with E-state index in [1.165, 1.54) is 6.33 Å². The maximum Gasteiger partial charge on any atom is 0.224 e. The number of carbonyl (C=O) groups is 1. The number of hydrogen-bond acceptors (Lipinski definition) is 4. The monoisotopic (exact) mass is 333 g/mol. The van der Waals surface area contributed by atoms with Crippen LogP contribution < -0.4 is 10.1 Å². The van der Waals surface area contributed by atoms with Crippen molar-refractivity contribution in [3.8, 4) is 17.0 Å². The van der Waals surface area contributed by atoms with Gasteiger partial charge in [0.25, 0.3) is 0 Å². The van der Waals surface area contributed by atoms with Crippen LogP contribution in [0.25, 0.3) is 11.3 Å². The molecule has 5 heteroatoms. The molecule has 0 unspecified atom stereocenters. The molecule has 1 aromatic heterocycles. The molecule has 126 valence electrons. The van der Waals surface area contributed by atoms with E-state index in [4.69, 9.17) is 4.74 Å². The lowest BCUT2D eigenvalue weighted by Crippen LogP contribution is -2.25. The van der Waals surface area contributed by atoms with E-state index in [1.807, 2.05) is 60.7 Å².